The molecule has 0 aliphatic carbocycles. The van der Waals surface area contributed by atoms with Gasteiger partial charge in [0.15, 0.2) is 0 Å². The van der Waals surface area contributed by atoms with E-state index in [1.54, 1.807) is 0 Å². The first-order chi connectivity index (χ1) is 9.19. The second-order valence-electron chi connectivity index (χ2n) is 5.15. The van der Waals surface area contributed by atoms with Crippen molar-refractivity contribution in [3.05, 3.63) is 47.5 Å². The summed E-state index contributed by atoms with van der Waals surface area (Å²) in [6.07, 6.45) is 1.64. The zero-order valence-corrected chi connectivity index (χ0v) is 11.7. The van der Waals surface area contributed by atoms with E-state index in [-0.39, 0.29) is 0 Å². The van der Waals surface area contributed by atoms with E-state index >= 15 is 0 Å². The number of hydrogen-bond donors (Lipinski definition) is 0. The van der Waals surface area contributed by atoms with Gasteiger partial charge in [0.1, 0.15) is 0 Å². The SMILES string of the molecule is Cc1ccc2cc(CCN(C)CCC#N)ccc2c1. The summed E-state index contributed by atoms with van der Waals surface area (Å²) in [4.78, 5) is 2.21. The molecule has 0 amide bonds. The zero-order valence-electron chi connectivity index (χ0n) is 11.7. The minimum absolute atomic E-state index is 0.605. The summed E-state index contributed by atoms with van der Waals surface area (Å²) < 4.78 is 0. The topological polar surface area (TPSA) is 27.0 Å². The summed E-state index contributed by atoms with van der Waals surface area (Å²) in [5.74, 6) is 0. The molecule has 0 saturated heterocycles. The van der Waals surface area contributed by atoms with Crippen molar-refractivity contribution in [1.82, 2.24) is 4.90 Å². The van der Waals surface area contributed by atoms with Gasteiger partial charge in [-0.25, -0.2) is 0 Å². The Morgan fingerprint density at radius 3 is 2.58 bits per heavy atom. The van der Waals surface area contributed by atoms with E-state index in [0.29, 0.717) is 6.42 Å². The van der Waals surface area contributed by atoms with Crippen LogP contribution in [0.1, 0.15) is 17.5 Å². The van der Waals surface area contributed by atoms with Crippen molar-refractivity contribution in [3.8, 4) is 6.07 Å². The van der Waals surface area contributed by atoms with Crippen molar-refractivity contribution in [1.29, 1.82) is 5.26 Å². The standard InChI is InChI=1S/C17H20N2/c1-14-4-6-17-13-15(5-7-16(17)12-14)8-11-19(2)10-3-9-18/h4-7,12-13H,3,8,10-11H2,1-2H3. The molecule has 19 heavy (non-hydrogen) atoms. The number of aryl methyl sites for hydroxylation is 1. The molecular formula is C17H20N2. The van der Waals surface area contributed by atoms with Gasteiger partial charge in [-0.3, -0.25) is 0 Å². The molecule has 2 heteroatoms. The molecule has 0 N–H and O–H groups in total. The highest BCUT2D eigenvalue weighted by molar-refractivity contribution is 5.83. The van der Waals surface area contributed by atoms with E-state index in [2.05, 4.69) is 61.3 Å². The first kappa shape index (κ1) is 13.6. The van der Waals surface area contributed by atoms with E-state index in [9.17, 15) is 0 Å². The third-order valence-corrected chi connectivity index (χ3v) is 3.45. The van der Waals surface area contributed by atoms with Crippen molar-refractivity contribution in [2.24, 2.45) is 0 Å². The molecule has 0 heterocycles. The van der Waals surface area contributed by atoms with Crippen molar-refractivity contribution in [2.75, 3.05) is 20.1 Å². The van der Waals surface area contributed by atoms with Gasteiger partial charge in [0.25, 0.3) is 0 Å². The Labute approximate surface area is 115 Å². The fourth-order valence-corrected chi connectivity index (χ4v) is 2.24. The van der Waals surface area contributed by atoms with Crippen LogP contribution in [0, 0.1) is 18.3 Å². The third-order valence-electron chi connectivity index (χ3n) is 3.45. The molecule has 0 fully saturated rings. The van der Waals surface area contributed by atoms with Gasteiger partial charge in [-0.05, 0) is 36.7 Å². The number of likely N-dealkylation sites (N-methyl/N-ethyl adjacent to an activating group) is 1. The number of nitriles is 1. The van der Waals surface area contributed by atoms with Crippen LogP contribution >= 0.6 is 0 Å². The molecule has 0 bridgehead atoms. The summed E-state index contributed by atoms with van der Waals surface area (Å²) in [6.45, 7) is 3.97. The highest BCUT2D eigenvalue weighted by Crippen LogP contribution is 2.18. The lowest BCUT2D eigenvalue weighted by Crippen LogP contribution is -2.22. The Bertz CT molecular complexity index is 596. The second kappa shape index (κ2) is 6.36. The van der Waals surface area contributed by atoms with Crippen LogP contribution in [0.4, 0.5) is 0 Å². The zero-order chi connectivity index (χ0) is 13.7. The van der Waals surface area contributed by atoms with E-state index in [0.717, 1.165) is 19.5 Å². The van der Waals surface area contributed by atoms with Crippen LogP contribution < -0.4 is 0 Å². The predicted molar refractivity (Wildman–Crippen MR) is 80.1 cm³/mol. The molecule has 0 aliphatic rings. The fourth-order valence-electron chi connectivity index (χ4n) is 2.24. The third kappa shape index (κ3) is 3.81. The molecule has 0 saturated carbocycles. The van der Waals surface area contributed by atoms with Crippen molar-refractivity contribution in [3.63, 3.8) is 0 Å². The molecule has 0 aliphatic heterocycles. The van der Waals surface area contributed by atoms with Crippen LogP contribution in [-0.4, -0.2) is 25.0 Å². The molecule has 0 radical (unpaired) electrons. The van der Waals surface area contributed by atoms with Crippen LogP contribution in [-0.2, 0) is 6.42 Å². The summed E-state index contributed by atoms with van der Waals surface area (Å²) >= 11 is 0. The summed E-state index contributed by atoms with van der Waals surface area (Å²) in [6, 6.07) is 15.4. The van der Waals surface area contributed by atoms with Gasteiger partial charge in [0.2, 0.25) is 0 Å². The van der Waals surface area contributed by atoms with Crippen molar-refractivity contribution in [2.45, 2.75) is 19.8 Å². The molecule has 0 spiro atoms. The molecule has 0 aromatic heterocycles. The molecule has 2 nitrogen and oxygen atoms in total. The maximum Gasteiger partial charge on any atom is 0.0635 e. The van der Waals surface area contributed by atoms with E-state index < -0.39 is 0 Å². The number of hydrogen-bond acceptors (Lipinski definition) is 2. The molecule has 2 rings (SSSR count). The van der Waals surface area contributed by atoms with Gasteiger partial charge < -0.3 is 4.90 Å². The lowest BCUT2D eigenvalue weighted by atomic mass is 10.0. The van der Waals surface area contributed by atoms with Crippen LogP contribution in [0.25, 0.3) is 10.8 Å². The average Bonchev–Trinajstić information content (AvgIpc) is 2.42. The van der Waals surface area contributed by atoms with Gasteiger partial charge in [-0.15, -0.1) is 0 Å². The van der Waals surface area contributed by atoms with E-state index in [1.165, 1.54) is 21.9 Å². The second-order valence-corrected chi connectivity index (χ2v) is 5.15. The summed E-state index contributed by atoms with van der Waals surface area (Å²) in [7, 11) is 2.07. The van der Waals surface area contributed by atoms with Crippen LogP contribution in [0.15, 0.2) is 36.4 Å². The minimum atomic E-state index is 0.605. The number of rotatable bonds is 5. The quantitative estimate of drug-likeness (QED) is 0.814. The smallest absolute Gasteiger partial charge is 0.0635 e. The van der Waals surface area contributed by atoms with Crippen LogP contribution in [0.2, 0.25) is 0 Å². The lowest BCUT2D eigenvalue weighted by Gasteiger charge is -2.14. The molecule has 2 aromatic rings. The highest BCUT2D eigenvalue weighted by Gasteiger charge is 2.01. The number of fused-ring (bicyclic) bond motifs is 1. The van der Waals surface area contributed by atoms with Gasteiger partial charge >= 0.3 is 0 Å². The van der Waals surface area contributed by atoms with Gasteiger partial charge in [-0.1, -0.05) is 42.0 Å². The first-order valence-corrected chi connectivity index (χ1v) is 6.74. The Kier molecular flexibility index (Phi) is 4.54. The monoisotopic (exact) mass is 252 g/mol. The van der Waals surface area contributed by atoms with Crippen LogP contribution in [0.3, 0.4) is 0 Å². The number of benzene rings is 2. The predicted octanol–water partition coefficient (Wildman–Crippen LogP) is 3.54. The van der Waals surface area contributed by atoms with E-state index in [4.69, 9.17) is 5.26 Å². The highest BCUT2D eigenvalue weighted by atomic mass is 15.1. The molecule has 2 aromatic carbocycles. The Morgan fingerprint density at radius 2 is 1.79 bits per heavy atom. The summed E-state index contributed by atoms with van der Waals surface area (Å²) in [5, 5.41) is 11.2. The van der Waals surface area contributed by atoms with Gasteiger partial charge in [0, 0.05) is 19.5 Å². The normalized spacial score (nSPS) is 10.8. The Balaban J connectivity index is 2.02. The van der Waals surface area contributed by atoms with E-state index in [1.807, 2.05) is 0 Å². The summed E-state index contributed by atoms with van der Waals surface area (Å²) in [5.41, 5.74) is 2.66. The molecule has 0 unspecified atom stereocenters. The largest absolute Gasteiger partial charge is 0.305 e. The maximum atomic E-state index is 8.56. The minimum Gasteiger partial charge on any atom is -0.305 e. The molecule has 0 atom stereocenters. The average molecular weight is 252 g/mol. The fraction of sp³-hybridized carbons (Fsp3) is 0.353. The van der Waals surface area contributed by atoms with Gasteiger partial charge in [0.05, 0.1) is 6.07 Å². The van der Waals surface area contributed by atoms with Gasteiger partial charge in [-0.2, -0.15) is 5.26 Å². The maximum absolute atomic E-state index is 8.56. The Morgan fingerprint density at radius 1 is 1.05 bits per heavy atom. The Hall–Kier alpha value is -1.85. The first-order valence-electron chi connectivity index (χ1n) is 6.74. The molecular weight excluding hydrogens is 232 g/mol. The van der Waals surface area contributed by atoms with Crippen molar-refractivity contribution >= 4 is 10.8 Å². The van der Waals surface area contributed by atoms with Crippen molar-refractivity contribution < 1.29 is 0 Å². The lowest BCUT2D eigenvalue weighted by molar-refractivity contribution is 0.347. The van der Waals surface area contributed by atoms with Crippen LogP contribution in [0.5, 0.6) is 0 Å². The molecule has 98 valence electrons. The number of nitrogens with zero attached hydrogens (tertiary/aromatic N) is 2.